The average Bonchev–Trinajstić information content (AvgIpc) is 3.35. The van der Waals surface area contributed by atoms with E-state index >= 15 is 0 Å². The van der Waals surface area contributed by atoms with E-state index in [1.165, 1.54) is 38.8 Å². The summed E-state index contributed by atoms with van der Waals surface area (Å²) >= 11 is 5.00. The van der Waals surface area contributed by atoms with Crippen molar-refractivity contribution >= 4 is 17.2 Å². The van der Waals surface area contributed by atoms with Gasteiger partial charge < -0.3 is 10.5 Å². The van der Waals surface area contributed by atoms with Gasteiger partial charge in [0.15, 0.2) is 0 Å². The van der Waals surface area contributed by atoms with E-state index in [1.807, 2.05) is 24.3 Å². The number of rotatable bonds is 9. The molecule has 2 saturated carbocycles. The van der Waals surface area contributed by atoms with Gasteiger partial charge in [-0.2, -0.15) is 0 Å². The first-order chi connectivity index (χ1) is 10.2. The molecule has 3 rings (SSSR count). The van der Waals surface area contributed by atoms with Gasteiger partial charge in [0.25, 0.3) is 0 Å². The zero-order valence-electron chi connectivity index (χ0n) is 12.5. The van der Waals surface area contributed by atoms with Crippen molar-refractivity contribution in [1.82, 2.24) is 4.90 Å². The van der Waals surface area contributed by atoms with Crippen LogP contribution in [-0.2, 0) is 0 Å². The molecular weight excluding hydrogens is 280 g/mol. The maximum absolute atomic E-state index is 5.87. The number of hydrogen-bond acceptors (Lipinski definition) is 3. The molecule has 0 bridgehead atoms. The predicted molar refractivity (Wildman–Crippen MR) is 89.7 cm³/mol. The molecule has 2 aliphatic rings. The first-order valence-corrected chi connectivity index (χ1v) is 8.36. The Labute approximate surface area is 132 Å². The molecule has 1 aromatic carbocycles. The van der Waals surface area contributed by atoms with Crippen molar-refractivity contribution in [1.29, 1.82) is 0 Å². The van der Waals surface area contributed by atoms with Crippen molar-refractivity contribution in [3.63, 3.8) is 0 Å². The van der Waals surface area contributed by atoms with Gasteiger partial charge in [0.05, 0.1) is 0 Å². The summed E-state index contributed by atoms with van der Waals surface area (Å²) in [5.74, 6) is 2.75. The highest BCUT2D eigenvalue weighted by Crippen LogP contribution is 2.33. The van der Waals surface area contributed by atoms with Crippen molar-refractivity contribution in [3.8, 4) is 5.75 Å². The Hall–Kier alpha value is -1.13. The Bertz CT molecular complexity index is 483. The number of thiocarbonyl (C=S) groups is 1. The summed E-state index contributed by atoms with van der Waals surface area (Å²) in [6, 6.07) is 7.75. The molecule has 0 aromatic heterocycles. The first kappa shape index (κ1) is 14.8. The van der Waals surface area contributed by atoms with Crippen LogP contribution in [0.1, 0.15) is 31.2 Å². The van der Waals surface area contributed by atoms with Crippen molar-refractivity contribution in [2.45, 2.75) is 25.7 Å². The topological polar surface area (TPSA) is 38.5 Å². The molecule has 0 amide bonds. The molecule has 4 heteroatoms. The minimum atomic E-state index is 0.421. The summed E-state index contributed by atoms with van der Waals surface area (Å²) in [5.41, 5.74) is 6.52. The summed E-state index contributed by atoms with van der Waals surface area (Å²) in [5, 5.41) is 0. The molecule has 0 aliphatic heterocycles. The Morgan fingerprint density at radius 1 is 1.19 bits per heavy atom. The lowest BCUT2D eigenvalue weighted by Crippen LogP contribution is -2.32. The number of nitrogens with zero attached hydrogens (tertiary/aromatic N) is 1. The van der Waals surface area contributed by atoms with Gasteiger partial charge in [-0.15, -0.1) is 0 Å². The molecule has 114 valence electrons. The summed E-state index contributed by atoms with van der Waals surface area (Å²) in [7, 11) is 0. The van der Waals surface area contributed by atoms with Gasteiger partial charge in [-0.05, 0) is 49.7 Å². The van der Waals surface area contributed by atoms with Crippen LogP contribution in [0.4, 0.5) is 0 Å². The molecule has 2 fully saturated rings. The molecule has 0 spiro atoms. The van der Waals surface area contributed by atoms with E-state index in [2.05, 4.69) is 4.90 Å². The van der Waals surface area contributed by atoms with Crippen LogP contribution in [0, 0.1) is 11.8 Å². The van der Waals surface area contributed by atoms with E-state index in [9.17, 15) is 0 Å². The van der Waals surface area contributed by atoms with Crippen LogP contribution < -0.4 is 10.5 Å². The SMILES string of the molecule is NC(=S)c1cccc(OCCN(CC2CC2)CC2CC2)c1. The van der Waals surface area contributed by atoms with Crippen LogP contribution in [0.5, 0.6) is 5.75 Å². The Balaban J connectivity index is 1.46. The number of benzene rings is 1. The van der Waals surface area contributed by atoms with Crippen LogP contribution in [0.25, 0.3) is 0 Å². The van der Waals surface area contributed by atoms with E-state index < -0.39 is 0 Å². The van der Waals surface area contributed by atoms with Gasteiger partial charge in [0.1, 0.15) is 17.3 Å². The molecule has 2 aliphatic carbocycles. The summed E-state index contributed by atoms with van der Waals surface area (Å²) in [6.45, 7) is 4.27. The first-order valence-electron chi connectivity index (χ1n) is 7.96. The third-order valence-corrected chi connectivity index (χ3v) is 4.46. The largest absolute Gasteiger partial charge is 0.492 e. The smallest absolute Gasteiger partial charge is 0.120 e. The van der Waals surface area contributed by atoms with E-state index in [0.29, 0.717) is 4.99 Å². The summed E-state index contributed by atoms with van der Waals surface area (Å²) in [6.07, 6.45) is 5.66. The lowest BCUT2D eigenvalue weighted by atomic mass is 10.2. The molecular formula is C17H24N2OS. The van der Waals surface area contributed by atoms with Crippen LogP contribution in [-0.4, -0.2) is 36.1 Å². The summed E-state index contributed by atoms with van der Waals surface area (Å²) in [4.78, 5) is 3.01. The maximum Gasteiger partial charge on any atom is 0.120 e. The van der Waals surface area contributed by atoms with Gasteiger partial charge in [-0.3, -0.25) is 4.90 Å². The molecule has 2 N–H and O–H groups in total. The van der Waals surface area contributed by atoms with Crippen molar-refractivity contribution in [3.05, 3.63) is 29.8 Å². The highest BCUT2D eigenvalue weighted by atomic mass is 32.1. The molecule has 0 unspecified atom stereocenters. The number of nitrogens with two attached hydrogens (primary N) is 1. The van der Waals surface area contributed by atoms with Crippen molar-refractivity contribution in [2.75, 3.05) is 26.2 Å². The fourth-order valence-corrected chi connectivity index (χ4v) is 2.75. The minimum Gasteiger partial charge on any atom is -0.492 e. The van der Waals surface area contributed by atoms with Crippen LogP contribution in [0.15, 0.2) is 24.3 Å². The normalized spacial score (nSPS) is 18.0. The van der Waals surface area contributed by atoms with E-state index in [-0.39, 0.29) is 0 Å². The molecule has 0 heterocycles. The quantitative estimate of drug-likeness (QED) is 0.712. The molecule has 0 saturated heterocycles. The zero-order valence-corrected chi connectivity index (χ0v) is 13.3. The Kier molecular flexibility index (Phi) is 4.76. The Morgan fingerprint density at radius 3 is 2.43 bits per heavy atom. The summed E-state index contributed by atoms with van der Waals surface area (Å²) < 4.78 is 5.87. The molecule has 21 heavy (non-hydrogen) atoms. The van der Waals surface area contributed by atoms with E-state index in [0.717, 1.165) is 36.3 Å². The molecule has 0 radical (unpaired) electrons. The lowest BCUT2D eigenvalue weighted by Gasteiger charge is -2.22. The monoisotopic (exact) mass is 304 g/mol. The lowest BCUT2D eigenvalue weighted by molar-refractivity contribution is 0.197. The standard InChI is InChI=1S/C17H24N2OS/c18-17(21)15-2-1-3-16(10-15)20-9-8-19(11-13-4-5-13)12-14-6-7-14/h1-3,10,13-14H,4-9,11-12H2,(H2,18,21). The van der Waals surface area contributed by atoms with E-state index in [4.69, 9.17) is 22.7 Å². The predicted octanol–water partition coefficient (Wildman–Crippen LogP) is 2.82. The number of hydrogen-bond donors (Lipinski definition) is 1. The fourth-order valence-electron chi connectivity index (χ4n) is 2.62. The van der Waals surface area contributed by atoms with Gasteiger partial charge in [-0.25, -0.2) is 0 Å². The van der Waals surface area contributed by atoms with Gasteiger partial charge >= 0.3 is 0 Å². The third kappa shape index (κ3) is 4.97. The van der Waals surface area contributed by atoms with Gasteiger partial charge in [0, 0.05) is 25.2 Å². The van der Waals surface area contributed by atoms with Gasteiger partial charge in [-0.1, -0.05) is 24.4 Å². The van der Waals surface area contributed by atoms with Crippen LogP contribution in [0.3, 0.4) is 0 Å². The van der Waals surface area contributed by atoms with Crippen molar-refractivity contribution in [2.24, 2.45) is 17.6 Å². The molecule has 3 nitrogen and oxygen atoms in total. The van der Waals surface area contributed by atoms with E-state index in [1.54, 1.807) is 0 Å². The second-order valence-electron chi connectivity index (χ2n) is 6.39. The molecule has 0 atom stereocenters. The Morgan fingerprint density at radius 2 is 1.86 bits per heavy atom. The second kappa shape index (κ2) is 6.75. The molecule has 1 aromatic rings. The third-order valence-electron chi connectivity index (χ3n) is 4.22. The van der Waals surface area contributed by atoms with Crippen LogP contribution in [0.2, 0.25) is 0 Å². The second-order valence-corrected chi connectivity index (χ2v) is 6.83. The van der Waals surface area contributed by atoms with Crippen molar-refractivity contribution < 1.29 is 4.74 Å². The highest BCUT2D eigenvalue weighted by molar-refractivity contribution is 7.80. The average molecular weight is 304 g/mol. The minimum absolute atomic E-state index is 0.421. The maximum atomic E-state index is 5.87. The van der Waals surface area contributed by atoms with Crippen LogP contribution >= 0.6 is 12.2 Å². The zero-order chi connectivity index (χ0) is 14.7. The fraction of sp³-hybridized carbons (Fsp3) is 0.588. The van der Waals surface area contributed by atoms with Gasteiger partial charge in [0.2, 0.25) is 0 Å². The highest BCUT2D eigenvalue weighted by Gasteiger charge is 2.28. The number of ether oxygens (including phenoxy) is 1.